The summed E-state index contributed by atoms with van der Waals surface area (Å²) in [7, 11) is 0. The van der Waals surface area contributed by atoms with Crippen LogP contribution in [0.25, 0.3) is 0 Å². The van der Waals surface area contributed by atoms with Crippen LogP contribution in [0.15, 0.2) is 18.3 Å². The second kappa shape index (κ2) is 8.85. The van der Waals surface area contributed by atoms with E-state index in [4.69, 9.17) is 22.3 Å². The fraction of sp³-hybridized carbons (Fsp3) is 0.500. The SMILES string of the molecule is N.NC1CCN(c2ccc(Nc3ncc(I)c(C4CCCC4)n3)nc2Cl)C1. The van der Waals surface area contributed by atoms with Crippen LogP contribution < -0.4 is 22.1 Å². The number of nitrogens with zero attached hydrogens (tertiary/aromatic N) is 4. The van der Waals surface area contributed by atoms with Gasteiger partial charge in [0.25, 0.3) is 0 Å². The van der Waals surface area contributed by atoms with E-state index in [1.54, 1.807) is 0 Å². The van der Waals surface area contributed by atoms with Crippen molar-refractivity contribution in [1.82, 2.24) is 21.1 Å². The number of hydrogen-bond acceptors (Lipinski definition) is 7. The number of nitrogens with one attached hydrogen (secondary N) is 1. The van der Waals surface area contributed by atoms with Crippen molar-refractivity contribution in [1.29, 1.82) is 0 Å². The van der Waals surface area contributed by atoms with Crippen LogP contribution in [0, 0.1) is 3.57 Å². The molecule has 6 N–H and O–H groups in total. The molecule has 1 unspecified atom stereocenters. The Morgan fingerprint density at radius 2 is 1.96 bits per heavy atom. The van der Waals surface area contributed by atoms with E-state index in [1.807, 2.05) is 18.3 Å². The first-order chi connectivity index (χ1) is 12.6. The lowest BCUT2D eigenvalue weighted by Crippen LogP contribution is -2.26. The normalized spacial score (nSPS) is 20.0. The number of halogens is 2. The highest BCUT2D eigenvalue weighted by Crippen LogP contribution is 2.35. The number of nitrogens with two attached hydrogens (primary N) is 1. The predicted octanol–water partition coefficient (Wildman–Crippen LogP) is 4.23. The summed E-state index contributed by atoms with van der Waals surface area (Å²) >= 11 is 8.73. The Morgan fingerprint density at radius 1 is 1.19 bits per heavy atom. The third kappa shape index (κ3) is 4.61. The summed E-state index contributed by atoms with van der Waals surface area (Å²) in [6.07, 6.45) is 7.85. The lowest BCUT2D eigenvalue weighted by atomic mass is 10.0. The average molecular weight is 502 g/mol. The van der Waals surface area contributed by atoms with Gasteiger partial charge in [-0.05, 0) is 54.0 Å². The predicted molar refractivity (Wildman–Crippen MR) is 118 cm³/mol. The fourth-order valence-electron chi connectivity index (χ4n) is 3.78. The van der Waals surface area contributed by atoms with Gasteiger partial charge in [0.2, 0.25) is 5.95 Å². The molecule has 1 aliphatic heterocycles. The molecule has 2 aromatic rings. The Morgan fingerprint density at radius 3 is 2.63 bits per heavy atom. The second-order valence-electron chi connectivity index (χ2n) is 7.03. The van der Waals surface area contributed by atoms with Gasteiger partial charge >= 0.3 is 0 Å². The highest BCUT2D eigenvalue weighted by Gasteiger charge is 2.23. The molecule has 1 saturated heterocycles. The van der Waals surface area contributed by atoms with Crippen LogP contribution in [0.4, 0.5) is 17.5 Å². The zero-order valence-electron chi connectivity index (χ0n) is 15.2. The van der Waals surface area contributed by atoms with Gasteiger partial charge in [-0.2, -0.15) is 0 Å². The minimum atomic E-state index is 0. The Kier molecular flexibility index (Phi) is 6.72. The Labute approximate surface area is 178 Å². The molecule has 0 bridgehead atoms. The monoisotopic (exact) mass is 501 g/mol. The molecule has 27 heavy (non-hydrogen) atoms. The largest absolute Gasteiger partial charge is 0.367 e. The quantitative estimate of drug-likeness (QED) is 0.424. The van der Waals surface area contributed by atoms with E-state index in [2.05, 4.69) is 42.8 Å². The molecule has 7 nitrogen and oxygen atoms in total. The average Bonchev–Trinajstić information content (AvgIpc) is 3.29. The molecule has 0 radical (unpaired) electrons. The van der Waals surface area contributed by atoms with Gasteiger partial charge in [0.1, 0.15) is 5.82 Å². The highest BCUT2D eigenvalue weighted by molar-refractivity contribution is 14.1. The highest BCUT2D eigenvalue weighted by atomic mass is 127. The lowest BCUT2D eigenvalue weighted by molar-refractivity contribution is 0.690. The number of rotatable bonds is 4. The molecule has 9 heteroatoms. The number of hydrogen-bond donors (Lipinski definition) is 3. The summed E-state index contributed by atoms with van der Waals surface area (Å²) in [5.74, 6) is 1.77. The van der Waals surface area contributed by atoms with E-state index >= 15 is 0 Å². The van der Waals surface area contributed by atoms with E-state index in [0.717, 1.165) is 34.5 Å². The first-order valence-corrected chi connectivity index (χ1v) is 10.5. The smallest absolute Gasteiger partial charge is 0.228 e. The van der Waals surface area contributed by atoms with Crippen molar-refractivity contribution in [2.24, 2.45) is 5.73 Å². The minimum Gasteiger partial charge on any atom is -0.367 e. The maximum Gasteiger partial charge on any atom is 0.228 e. The fourth-order valence-corrected chi connectivity index (χ4v) is 4.75. The van der Waals surface area contributed by atoms with Gasteiger partial charge in [-0.1, -0.05) is 24.4 Å². The number of anilines is 3. The van der Waals surface area contributed by atoms with Crippen LogP contribution in [-0.2, 0) is 0 Å². The molecule has 3 heterocycles. The maximum atomic E-state index is 6.41. The Balaban J connectivity index is 0.00000210. The molecule has 0 amide bonds. The Hall–Kier alpha value is -1.23. The van der Waals surface area contributed by atoms with Crippen LogP contribution in [0.5, 0.6) is 0 Å². The molecule has 1 aliphatic carbocycles. The van der Waals surface area contributed by atoms with Crippen LogP contribution in [-0.4, -0.2) is 34.1 Å². The van der Waals surface area contributed by atoms with Gasteiger partial charge in [-0.15, -0.1) is 0 Å². The molecular formula is C18H25ClIN7. The standard InChI is InChI=1S/C18H22ClIN6.H3N/c19-17-14(26-8-7-12(21)10-26)5-6-15(23-17)24-18-22-9-13(20)16(25-18)11-3-1-2-4-11;/h5-6,9,11-12H,1-4,7-8,10,21H2,(H,22,23,24,25);1H3. The van der Waals surface area contributed by atoms with Crippen molar-refractivity contribution in [3.63, 3.8) is 0 Å². The number of aromatic nitrogens is 3. The zero-order chi connectivity index (χ0) is 18.1. The summed E-state index contributed by atoms with van der Waals surface area (Å²) in [6, 6.07) is 4.11. The van der Waals surface area contributed by atoms with Gasteiger partial charge in [-0.3, -0.25) is 0 Å². The van der Waals surface area contributed by atoms with Crippen molar-refractivity contribution in [3.8, 4) is 0 Å². The molecule has 4 rings (SSSR count). The van der Waals surface area contributed by atoms with Gasteiger partial charge in [-0.25, -0.2) is 15.0 Å². The first kappa shape index (κ1) is 20.5. The van der Waals surface area contributed by atoms with Crippen LogP contribution in [0.1, 0.15) is 43.7 Å². The first-order valence-electron chi connectivity index (χ1n) is 9.06. The van der Waals surface area contributed by atoms with Crippen LogP contribution >= 0.6 is 34.2 Å². The maximum absolute atomic E-state index is 6.41. The van der Waals surface area contributed by atoms with Crippen LogP contribution in [0.2, 0.25) is 5.15 Å². The summed E-state index contributed by atoms with van der Waals surface area (Å²) in [6.45, 7) is 1.74. The zero-order valence-corrected chi connectivity index (χ0v) is 18.1. The van der Waals surface area contributed by atoms with Crippen molar-refractivity contribution in [3.05, 3.63) is 32.7 Å². The van der Waals surface area contributed by atoms with Gasteiger partial charge in [0.05, 0.1) is 15.0 Å². The molecule has 2 fully saturated rings. The number of pyridine rings is 1. The molecule has 2 aromatic heterocycles. The molecule has 1 atom stereocenters. The summed E-state index contributed by atoms with van der Waals surface area (Å²) in [5.41, 5.74) is 8.07. The second-order valence-corrected chi connectivity index (χ2v) is 8.55. The topological polar surface area (TPSA) is 115 Å². The van der Waals surface area contributed by atoms with Gasteiger partial charge < -0.3 is 22.1 Å². The van der Waals surface area contributed by atoms with Crippen molar-refractivity contribution in [2.75, 3.05) is 23.3 Å². The molecule has 2 aliphatic rings. The third-order valence-electron chi connectivity index (χ3n) is 5.15. The van der Waals surface area contributed by atoms with Gasteiger partial charge in [0, 0.05) is 31.2 Å². The van der Waals surface area contributed by atoms with E-state index in [-0.39, 0.29) is 12.2 Å². The van der Waals surface area contributed by atoms with E-state index in [1.165, 1.54) is 25.7 Å². The van der Waals surface area contributed by atoms with E-state index in [9.17, 15) is 0 Å². The third-order valence-corrected chi connectivity index (χ3v) is 6.26. The lowest BCUT2D eigenvalue weighted by Gasteiger charge is -2.19. The molecular weight excluding hydrogens is 477 g/mol. The molecule has 146 valence electrons. The summed E-state index contributed by atoms with van der Waals surface area (Å²) in [4.78, 5) is 15.8. The Bertz CT molecular complexity index is 797. The van der Waals surface area contributed by atoms with Crippen molar-refractivity contribution < 1.29 is 0 Å². The van der Waals surface area contributed by atoms with E-state index in [0.29, 0.717) is 22.8 Å². The van der Waals surface area contributed by atoms with Crippen molar-refractivity contribution >= 4 is 51.6 Å². The molecule has 0 spiro atoms. The van der Waals surface area contributed by atoms with Crippen LogP contribution in [0.3, 0.4) is 0 Å². The summed E-state index contributed by atoms with van der Waals surface area (Å²) in [5, 5.41) is 3.68. The summed E-state index contributed by atoms with van der Waals surface area (Å²) < 4.78 is 1.13. The minimum absolute atomic E-state index is 0. The van der Waals surface area contributed by atoms with Crippen molar-refractivity contribution in [2.45, 2.75) is 44.1 Å². The van der Waals surface area contributed by atoms with E-state index < -0.39 is 0 Å². The molecule has 1 saturated carbocycles. The van der Waals surface area contributed by atoms with Gasteiger partial charge in [0.15, 0.2) is 5.15 Å². The molecule has 0 aromatic carbocycles.